The van der Waals surface area contributed by atoms with Crippen LogP contribution in [-0.2, 0) is 12.7 Å². The lowest BCUT2D eigenvalue weighted by molar-refractivity contribution is -0.137. The highest BCUT2D eigenvalue weighted by Gasteiger charge is 2.30. The summed E-state index contributed by atoms with van der Waals surface area (Å²) in [6.45, 7) is 3.75. The molecule has 0 aliphatic heterocycles. The van der Waals surface area contributed by atoms with Gasteiger partial charge in [-0.1, -0.05) is 29.8 Å². The maximum absolute atomic E-state index is 12.6. The Morgan fingerprint density at radius 3 is 2.50 bits per heavy atom. The average molecular weight is 307 g/mol. The van der Waals surface area contributed by atoms with Gasteiger partial charge in [0.2, 0.25) is 0 Å². The number of rotatable bonds is 3. The van der Waals surface area contributed by atoms with Gasteiger partial charge in [0, 0.05) is 12.1 Å². The first-order chi connectivity index (χ1) is 10.3. The van der Waals surface area contributed by atoms with Crippen molar-refractivity contribution >= 4 is 5.91 Å². The Morgan fingerprint density at radius 1 is 1.09 bits per heavy atom. The van der Waals surface area contributed by atoms with E-state index < -0.39 is 11.7 Å². The average Bonchev–Trinajstić information content (AvgIpc) is 2.47. The quantitative estimate of drug-likeness (QED) is 0.902. The Labute approximate surface area is 127 Å². The summed E-state index contributed by atoms with van der Waals surface area (Å²) in [5.74, 6) is -0.293. The first-order valence-corrected chi connectivity index (χ1v) is 6.79. The zero-order chi connectivity index (χ0) is 16.3. The van der Waals surface area contributed by atoms with Crippen LogP contribution in [0.2, 0.25) is 0 Å². The Balaban J connectivity index is 2.10. The van der Waals surface area contributed by atoms with E-state index in [-0.39, 0.29) is 12.5 Å². The van der Waals surface area contributed by atoms with Crippen LogP contribution in [0.15, 0.2) is 42.5 Å². The number of aryl methyl sites for hydroxylation is 2. The van der Waals surface area contributed by atoms with Crippen molar-refractivity contribution in [2.45, 2.75) is 26.6 Å². The SMILES string of the molecule is Cc1ccc(C)c(C(=O)NCc2cccc(C(F)(F)F)c2)c1. The molecule has 0 unspecified atom stereocenters. The summed E-state index contributed by atoms with van der Waals surface area (Å²) in [6, 6.07) is 10.4. The standard InChI is InChI=1S/C17H16F3NO/c1-11-6-7-12(2)15(8-11)16(22)21-10-13-4-3-5-14(9-13)17(18,19)20/h3-9H,10H2,1-2H3,(H,21,22). The fraction of sp³-hybridized carbons (Fsp3) is 0.235. The minimum atomic E-state index is -4.38. The molecular weight excluding hydrogens is 291 g/mol. The highest BCUT2D eigenvalue weighted by Crippen LogP contribution is 2.29. The van der Waals surface area contributed by atoms with Crippen molar-refractivity contribution in [3.8, 4) is 0 Å². The third-order valence-electron chi connectivity index (χ3n) is 3.35. The van der Waals surface area contributed by atoms with Crippen molar-refractivity contribution in [1.29, 1.82) is 0 Å². The second-order valence-electron chi connectivity index (χ2n) is 5.20. The van der Waals surface area contributed by atoms with Gasteiger partial charge < -0.3 is 5.32 Å². The lowest BCUT2D eigenvalue weighted by Crippen LogP contribution is -2.24. The summed E-state index contributed by atoms with van der Waals surface area (Å²) in [7, 11) is 0. The Bertz CT molecular complexity index is 693. The molecule has 116 valence electrons. The molecule has 5 heteroatoms. The normalized spacial score (nSPS) is 11.3. The molecule has 0 radical (unpaired) electrons. The molecule has 2 rings (SSSR count). The molecule has 2 aromatic rings. The topological polar surface area (TPSA) is 29.1 Å². The zero-order valence-electron chi connectivity index (χ0n) is 12.3. The number of carbonyl (C=O) groups excluding carboxylic acids is 1. The molecule has 2 nitrogen and oxygen atoms in total. The monoisotopic (exact) mass is 307 g/mol. The summed E-state index contributed by atoms with van der Waals surface area (Å²) in [4.78, 5) is 12.1. The Hall–Kier alpha value is -2.30. The van der Waals surface area contributed by atoms with Crippen LogP contribution in [0, 0.1) is 13.8 Å². The number of nitrogens with one attached hydrogen (secondary N) is 1. The number of benzene rings is 2. The smallest absolute Gasteiger partial charge is 0.348 e. The third kappa shape index (κ3) is 3.87. The molecule has 1 amide bonds. The third-order valence-corrected chi connectivity index (χ3v) is 3.35. The molecule has 1 N–H and O–H groups in total. The van der Waals surface area contributed by atoms with Gasteiger partial charge >= 0.3 is 6.18 Å². The van der Waals surface area contributed by atoms with E-state index in [9.17, 15) is 18.0 Å². The molecule has 2 aromatic carbocycles. The van der Waals surface area contributed by atoms with Crippen molar-refractivity contribution in [3.63, 3.8) is 0 Å². The van der Waals surface area contributed by atoms with Gasteiger partial charge in [0.05, 0.1) is 5.56 Å². The van der Waals surface area contributed by atoms with Crippen LogP contribution >= 0.6 is 0 Å². The largest absolute Gasteiger partial charge is 0.416 e. The number of amides is 1. The van der Waals surface area contributed by atoms with Gasteiger partial charge in [-0.15, -0.1) is 0 Å². The van der Waals surface area contributed by atoms with E-state index in [0.717, 1.165) is 23.3 Å². The minimum Gasteiger partial charge on any atom is -0.348 e. The first kappa shape index (κ1) is 16.1. The second kappa shape index (κ2) is 6.22. The van der Waals surface area contributed by atoms with E-state index in [2.05, 4.69) is 5.32 Å². The van der Waals surface area contributed by atoms with E-state index in [1.54, 1.807) is 12.1 Å². The summed E-state index contributed by atoms with van der Waals surface area (Å²) < 4.78 is 37.9. The van der Waals surface area contributed by atoms with Crippen LogP contribution in [0.1, 0.15) is 32.6 Å². The molecule has 0 heterocycles. The number of alkyl halides is 3. The molecule has 0 aromatic heterocycles. The summed E-state index contributed by atoms with van der Waals surface area (Å²) in [5.41, 5.74) is 2.01. The van der Waals surface area contributed by atoms with Crippen LogP contribution in [0.4, 0.5) is 13.2 Å². The first-order valence-electron chi connectivity index (χ1n) is 6.79. The fourth-order valence-corrected chi connectivity index (χ4v) is 2.12. The van der Waals surface area contributed by atoms with Crippen molar-refractivity contribution in [1.82, 2.24) is 5.32 Å². The minimum absolute atomic E-state index is 0.0517. The summed E-state index contributed by atoms with van der Waals surface area (Å²) in [6.07, 6.45) is -4.38. The second-order valence-corrected chi connectivity index (χ2v) is 5.20. The maximum atomic E-state index is 12.6. The van der Waals surface area contributed by atoms with Crippen molar-refractivity contribution in [2.75, 3.05) is 0 Å². The van der Waals surface area contributed by atoms with E-state index >= 15 is 0 Å². The van der Waals surface area contributed by atoms with Gasteiger partial charge in [0.15, 0.2) is 0 Å². The van der Waals surface area contributed by atoms with Gasteiger partial charge in [0.1, 0.15) is 0 Å². The molecule has 0 fully saturated rings. The van der Waals surface area contributed by atoms with Gasteiger partial charge in [0.25, 0.3) is 5.91 Å². The number of halogens is 3. The molecule has 0 spiro atoms. The van der Waals surface area contributed by atoms with Crippen molar-refractivity contribution in [3.05, 3.63) is 70.3 Å². The van der Waals surface area contributed by atoms with Crippen LogP contribution < -0.4 is 5.32 Å². The van der Waals surface area contributed by atoms with Crippen molar-refractivity contribution in [2.24, 2.45) is 0 Å². The van der Waals surface area contributed by atoms with E-state index in [1.807, 2.05) is 26.0 Å². The Morgan fingerprint density at radius 2 is 1.82 bits per heavy atom. The van der Waals surface area contributed by atoms with Crippen LogP contribution in [0.3, 0.4) is 0 Å². The molecule has 22 heavy (non-hydrogen) atoms. The highest BCUT2D eigenvalue weighted by molar-refractivity contribution is 5.95. The molecule has 0 atom stereocenters. The Kier molecular flexibility index (Phi) is 4.54. The van der Waals surface area contributed by atoms with Crippen LogP contribution in [0.25, 0.3) is 0 Å². The maximum Gasteiger partial charge on any atom is 0.416 e. The van der Waals surface area contributed by atoms with Crippen LogP contribution in [0.5, 0.6) is 0 Å². The molecular formula is C17H16F3NO. The molecule has 0 aliphatic rings. The van der Waals surface area contributed by atoms with E-state index in [0.29, 0.717) is 11.1 Å². The lowest BCUT2D eigenvalue weighted by atomic mass is 10.0. The van der Waals surface area contributed by atoms with Crippen LogP contribution in [-0.4, -0.2) is 5.91 Å². The number of carbonyl (C=O) groups is 1. The van der Waals surface area contributed by atoms with E-state index in [1.165, 1.54) is 6.07 Å². The van der Waals surface area contributed by atoms with Crippen molar-refractivity contribution < 1.29 is 18.0 Å². The fourth-order valence-electron chi connectivity index (χ4n) is 2.12. The molecule has 0 saturated carbocycles. The predicted octanol–water partition coefficient (Wildman–Crippen LogP) is 4.25. The van der Waals surface area contributed by atoms with Gasteiger partial charge in [-0.3, -0.25) is 4.79 Å². The molecule has 0 bridgehead atoms. The van der Waals surface area contributed by atoms with E-state index in [4.69, 9.17) is 0 Å². The zero-order valence-corrected chi connectivity index (χ0v) is 12.3. The molecule has 0 aliphatic carbocycles. The van der Waals surface area contributed by atoms with Gasteiger partial charge in [-0.2, -0.15) is 13.2 Å². The number of hydrogen-bond acceptors (Lipinski definition) is 1. The van der Waals surface area contributed by atoms with Gasteiger partial charge in [-0.05, 0) is 43.2 Å². The predicted molar refractivity (Wildman–Crippen MR) is 78.5 cm³/mol. The van der Waals surface area contributed by atoms with Gasteiger partial charge in [-0.25, -0.2) is 0 Å². The summed E-state index contributed by atoms with van der Waals surface area (Å²) in [5, 5.41) is 2.66. The molecule has 0 saturated heterocycles. The summed E-state index contributed by atoms with van der Waals surface area (Å²) >= 11 is 0. The highest BCUT2D eigenvalue weighted by atomic mass is 19.4. The lowest BCUT2D eigenvalue weighted by Gasteiger charge is -2.11. The number of hydrogen-bond donors (Lipinski definition) is 1.